The first-order chi connectivity index (χ1) is 9.19. The van der Waals surface area contributed by atoms with Crippen molar-refractivity contribution in [2.75, 3.05) is 37.4 Å². The summed E-state index contributed by atoms with van der Waals surface area (Å²) in [7, 11) is 1.77. The first-order valence-electron chi connectivity index (χ1n) is 6.22. The van der Waals surface area contributed by atoms with Crippen LogP contribution < -0.4 is 10.6 Å². The molecule has 0 fully saturated rings. The van der Waals surface area contributed by atoms with E-state index in [1.807, 2.05) is 6.92 Å². The minimum absolute atomic E-state index is 0.0715. The summed E-state index contributed by atoms with van der Waals surface area (Å²) in [5.41, 5.74) is 0. The van der Waals surface area contributed by atoms with Gasteiger partial charge in [-0.2, -0.15) is 0 Å². The predicted molar refractivity (Wildman–Crippen MR) is 72.0 cm³/mol. The maximum Gasteiger partial charge on any atom is 0.325 e. The highest BCUT2D eigenvalue weighted by Gasteiger charge is 2.06. The molecule has 1 aromatic heterocycles. The highest BCUT2D eigenvalue weighted by molar-refractivity contribution is 5.74. The standard InChI is InChI=1S/C12H20N4O3/c1-4-18-8-11-15-9(13-3)6-10(16-11)14-7-12(17)19-5-2/h6H,4-5,7-8H2,1-3H3,(H2,13,14,15,16). The van der Waals surface area contributed by atoms with Gasteiger partial charge in [-0.05, 0) is 13.8 Å². The van der Waals surface area contributed by atoms with Crippen LogP contribution in [-0.4, -0.2) is 42.7 Å². The van der Waals surface area contributed by atoms with Crippen molar-refractivity contribution in [1.29, 1.82) is 0 Å². The molecular formula is C12H20N4O3. The lowest BCUT2D eigenvalue weighted by Crippen LogP contribution is -2.18. The van der Waals surface area contributed by atoms with Crippen LogP contribution in [0.5, 0.6) is 0 Å². The molecule has 1 heterocycles. The maximum absolute atomic E-state index is 11.3. The second-order valence-electron chi connectivity index (χ2n) is 3.60. The van der Waals surface area contributed by atoms with E-state index in [0.717, 1.165) is 0 Å². The summed E-state index contributed by atoms with van der Waals surface area (Å²) < 4.78 is 10.1. The molecule has 0 aliphatic heterocycles. The number of esters is 1. The molecule has 0 radical (unpaired) electrons. The van der Waals surface area contributed by atoms with Gasteiger partial charge >= 0.3 is 5.97 Å². The Hall–Kier alpha value is -1.89. The third-order valence-corrected chi connectivity index (χ3v) is 2.18. The third kappa shape index (κ3) is 5.52. The predicted octanol–water partition coefficient (Wildman–Crippen LogP) is 1.03. The zero-order valence-electron chi connectivity index (χ0n) is 11.5. The summed E-state index contributed by atoms with van der Waals surface area (Å²) in [4.78, 5) is 19.8. The lowest BCUT2D eigenvalue weighted by atomic mass is 10.4. The summed E-state index contributed by atoms with van der Waals surface area (Å²) in [5.74, 6) is 1.46. The number of rotatable bonds is 8. The molecule has 0 amide bonds. The number of nitrogens with one attached hydrogen (secondary N) is 2. The largest absolute Gasteiger partial charge is 0.465 e. The van der Waals surface area contributed by atoms with Gasteiger partial charge in [-0.1, -0.05) is 0 Å². The number of ether oxygens (including phenoxy) is 2. The van der Waals surface area contributed by atoms with Gasteiger partial charge in [-0.3, -0.25) is 4.79 Å². The van der Waals surface area contributed by atoms with Crippen LogP contribution in [0, 0.1) is 0 Å². The topological polar surface area (TPSA) is 85.4 Å². The molecule has 2 N–H and O–H groups in total. The van der Waals surface area contributed by atoms with Crippen LogP contribution in [0.2, 0.25) is 0 Å². The van der Waals surface area contributed by atoms with Crippen LogP contribution in [0.25, 0.3) is 0 Å². The molecule has 106 valence electrons. The highest BCUT2D eigenvalue weighted by Crippen LogP contribution is 2.11. The van der Waals surface area contributed by atoms with E-state index in [-0.39, 0.29) is 12.5 Å². The molecule has 0 unspecified atom stereocenters. The minimum Gasteiger partial charge on any atom is -0.465 e. The van der Waals surface area contributed by atoms with Crippen LogP contribution in [0.4, 0.5) is 11.6 Å². The molecule has 7 heteroatoms. The number of nitrogens with zero attached hydrogens (tertiary/aromatic N) is 2. The van der Waals surface area contributed by atoms with Crippen LogP contribution in [0.3, 0.4) is 0 Å². The van der Waals surface area contributed by atoms with Gasteiger partial charge in [0.05, 0.1) is 6.61 Å². The van der Waals surface area contributed by atoms with Crippen molar-refractivity contribution in [3.05, 3.63) is 11.9 Å². The van der Waals surface area contributed by atoms with E-state index in [9.17, 15) is 4.79 Å². The normalized spacial score (nSPS) is 10.1. The van der Waals surface area contributed by atoms with Crippen molar-refractivity contribution >= 4 is 17.6 Å². The molecular weight excluding hydrogens is 248 g/mol. The highest BCUT2D eigenvalue weighted by atomic mass is 16.5. The van der Waals surface area contributed by atoms with Crippen molar-refractivity contribution < 1.29 is 14.3 Å². The number of anilines is 2. The first kappa shape index (κ1) is 15.2. The fourth-order valence-electron chi connectivity index (χ4n) is 1.35. The number of carbonyl (C=O) groups is 1. The molecule has 0 aliphatic carbocycles. The van der Waals surface area contributed by atoms with E-state index in [1.165, 1.54) is 0 Å². The molecule has 0 spiro atoms. The van der Waals surface area contributed by atoms with E-state index in [0.29, 0.717) is 37.3 Å². The second kappa shape index (κ2) is 8.25. The van der Waals surface area contributed by atoms with E-state index in [2.05, 4.69) is 20.6 Å². The average Bonchev–Trinajstić information content (AvgIpc) is 2.43. The Kier molecular flexibility index (Phi) is 6.59. The van der Waals surface area contributed by atoms with Crippen LogP contribution in [0.1, 0.15) is 19.7 Å². The van der Waals surface area contributed by atoms with Crippen LogP contribution in [-0.2, 0) is 20.9 Å². The van der Waals surface area contributed by atoms with Crippen molar-refractivity contribution in [2.24, 2.45) is 0 Å². The van der Waals surface area contributed by atoms with E-state index < -0.39 is 0 Å². The second-order valence-corrected chi connectivity index (χ2v) is 3.60. The molecule has 0 aliphatic rings. The third-order valence-electron chi connectivity index (χ3n) is 2.18. The molecule has 19 heavy (non-hydrogen) atoms. The summed E-state index contributed by atoms with van der Waals surface area (Å²) in [6.45, 7) is 5.03. The maximum atomic E-state index is 11.3. The Balaban J connectivity index is 2.67. The molecule has 0 saturated carbocycles. The number of carbonyl (C=O) groups excluding carboxylic acids is 1. The Morgan fingerprint density at radius 3 is 2.63 bits per heavy atom. The van der Waals surface area contributed by atoms with Gasteiger partial charge in [0.25, 0.3) is 0 Å². The fraction of sp³-hybridized carbons (Fsp3) is 0.583. The quantitative estimate of drug-likeness (QED) is 0.681. The Labute approximate surface area is 112 Å². The van der Waals surface area contributed by atoms with Crippen molar-refractivity contribution in [3.63, 3.8) is 0 Å². The lowest BCUT2D eigenvalue weighted by Gasteiger charge is -2.09. The van der Waals surface area contributed by atoms with Crippen molar-refractivity contribution in [2.45, 2.75) is 20.5 Å². The molecule has 0 saturated heterocycles. The minimum atomic E-state index is -0.321. The summed E-state index contributed by atoms with van der Waals surface area (Å²) in [6.07, 6.45) is 0. The van der Waals surface area contributed by atoms with Gasteiger partial charge < -0.3 is 20.1 Å². The molecule has 1 rings (SSSR count). The Bertz CT molecular complexity index is 412. The fourth-order valence-corrected chi connectivity index (χ4v) is 1.35. The van der Waals surface area contributed by atoms with Gasteiger partial charge in [0, 0.05) is 19.7 Å². The zero-order valence-corrected chi connectivity index (χ0v) is 11.5. The smallest absolute Gasteiger partial charge is 0.325 e. The van der Waals surface area contributed by atoms with E-state index in [1.54, 1.807) is 20.0 Å². The van der Waals surface area contributed by atoms with Gasteiger partial charge in [0.2, 0.25) is 0 Å². The lowest BCUT2D eigenvalue weighted by molar-refractivity contribution is -0.140. The van der Waals surface area contributed by atoms with Gasteiger partial charge in [-0.15, -0.1) is 0 Å². The van der Waals surface area contributed by atoms with Gasteiger partial charge in [-0.25, -0.2) is 9.97 Å². The number of hydrogen-bond donors (Lipinski definition) is 2. The SMILES string of the molecule is CCOCc1nc(NC)cc(NCC(=O)OCC)n1. The first-order valence-corrected chi connectivity index (χ1v) is 6.22. The number of aromatic nitrogens is 2. The molecule has 0 aromatic carbocycles. The van der Waals surface area contributed by atoms with Crippen molar-refractivity contribution in [3.8, 4) is 0 Å². The van der Waals surface area contributed by atoms with Crippen LogP contribution in [0.15, 0.2) is 6.07 Å². The Morgan fingerprint density at radius 1 is 1.26 bits per heavy atom. The summed E-state index contributed by atoms with van der Waals surface area (Å²) in [6, 6.07) is 1.72. The monoisotopic (exact) mass is 268 g/mol. The Morgan fingerprint density at radius 2 is 2.00 bits per heavy atom. The summed E-state index contributed by atoms with van der Waals surface area (Å²) in [5, 5.41) is 5.83. The van der Waals surface area contributed by atoms with E-state index >= 15 is 0 Å². The molecule has 1 aromatic rings. The van der Waals surface area contributed by atoms with Crippen LogP contribution >= 0.6 is 0 Å². The van der Waals surface area contributed by atoms with Gasteiger partial charge in [0.1, 0.15) is 24.8 Å². The van der Waals surface area contributed by atoms with E-state index in [4.69, 9.17) is 9.47 Å². The average molecular weight is 268 g/mol. The number of hydrogen-bond acceptors (Lipinski definition) is 7. The van der Waals surface area contributed by atoms with Crippen molar-refractivity contribution in [1.82, 2.24) is 9.97 Å². The molecule has 0 bridgehead atoms. The molecule has 0 atom stereocenters. The molecule has 7 nitrogen and oxygen atoms in total. The zero-order chi connectivity index (χ0) is 14.1. The summed E-state index contributed by atoms with van der Waals surface area (Å²) >= 11 is 0. The van der Waals surface area contributed by atoms with Gasteiger partial charge in [0.15, 0.2) is 5.82 Å².